The number of carbonyl (C=O) groups excluding carboxylic acids is 2. The minimum atomic E-state index is -0.262. The summed E-state index contributed by atoms with van der Waals surface area (Å²) in [6, 6.07) is 0.385. The van der Waals surface area contributed by atoms with Gasteiger partial charge in [0.2, 0.25) is 5.91 Å². The molecule has 6 heteroatoms. The zero-order valence-electron chi connectivity index (χ0n) is 12.0. The Kier molecular flexibility index (Phi) is 3.83. The highest BCUT2D eigenvalue weighted by Crippen LogP contribution is 2.38. The maximum Gasteiger partial charge on any atom is 0.409 e. The Hall–Kier alpha value is -1.30. The monoisotopic (exact) mass is 281 g/mol. The molecule has 0 spiro atoms. The number of carbonyl (C=O) groups is 2. The third kappa shape index (κ3) is 2.37. The van der Waals surface area contributed by atoms with Gasteiger partial charge in [-0.3, -0.25) is 4.79 Å². The van der Waals surface area contributed by atoms with Crippen LogP contribution in [0.5, 0.6) is 0 Å². The van der Waals surface area contributed by atoms with Crippen LogP contribution in [0.2, 0.25) is 0 Å². The van der Waals surface area contributed by atoms with E-state index in [1.807, 2.05) is 4.90 Å². The summed E-state index contributed by atoms with van der Waals surface area (Å²) in [5.41, 5.74) is 0. The molecule has 2 heterocycles. The summed E-state index contributed by atoms with van der Waals surface area (Å²) in [6.07, 6.45) is 2.04. The summed E-state index contributed by atoms with van der Waals surface area (Å²) in [7, 11) is 0. The van der Waals surface area contributed by atoms with Crippen LogP contribution in [0.15, 0.2) is 0 Å². The molecule has 0 aromatic carbocycles. The fraction of sp³-hybridized carbons (Fsp3) is 0.857. The standard InChI is InChI=1S/C14H23N3O3/c1-2-20-14(19)17-7-5-16(6-8-17)13(18)12-10-3-4-11(12)15-9-10/h10-12,15H,2-9H2,1H3/t10-,11-,12+/m0/s1. The van der Waals surface area contributed by atoms with Gasteiger partial charge in [0, 0.05) is 32.2 Å². The quantitative estimate of drug-likeness (QED) is 0.790. The van der Waals surface area contributed by atoms with Crippen LogP contribution in [-0.4, -0.2) is 67.2 Å². The Labute approximate surface area is 119 Å². The number of ether oxygens (including phenoxy) is 1. The van der Waals surface area contributed by atoms with E-state index < -0.39 is 0 Å². The Morgan fingerprint density at radius 3 is 2.35 bits per heavy atom. The average Bonchev–Trinajstić information content (AvgIpc) is 3.07. The molecule has 1 saturated carbocycles. The van der Waals surface area contributed by atoms with Gasteiger partial charge in [0.1, 0.15) is 0 Å². The minimum absolute atomic E-state index is 0.171. The molecule has 2 bridgehead atoms. The molecule has 0 unspecified atom stereocenters. The van der Waals surface area contributed by atoms with Gasteiger partial charge in [0.15, 0.2) is 0 Å². The zero-order valence-corrected chi connectivity index (χ0v) is 12.0. The molecule has 0 aromatic rings. The highest BCUT2D eigenvalue weighted by molar-refractivity contribution is 5.81. The SMILES string of the molecule is CCOC(=O)N1CCN(C(=O)[C@@H]2[C@H]3CC[C@@H]2NC3)CC1. The number of amides is 2. The Bertz CT molecular complexity index is 373. The second kappa shape index (κ2) is 5.60. The molecule has 0 aromatic heterocycles. The van der Waals surface area contributed by atoms with Gasteiger partial charge in [-0.1, -0.05) is 0 Å². The average molecular weight is 281 g/mol. The van der Waals surface area contributed by atoms with Crippen LogP contribution in [0.3, 0.4) is 0 Å². The first kappa shape index (κ1) is 13.7. The van der Waals surface area contributed by atoms with Gasteiger partial charge < -0.3 is 19.9 Å². The van der Waals surface area contributed by atoms with E-state index in [9.17, 15) is 9.59 Å². The summed E-state index contributed by atoms with van der Waals surface area (Å²) in [6.45, 7) is 5.63. The lowest BCUT2D eigenvalue weighted by Crippen LogP contribution is -2.53. The van der Waals surface area contributed by atoms with Crippen molar-refractivity contribution in [3.8, 4) is 0 Å². The molecular formula is C14H23N3O3. The van der Waals surface area contributed by atoms with E-state index in [-0.39, 0.29) is 17.9 Å². The molecule has 6 nitrogen and oxygen atoms in total. The van der Waals surface area contributed by atoms with E-state index in [2.05, 4.69) is 5.32 Å². The van der Waals surface area contributed by atoms with Crippen molar-refractivity contribution in [2.45, 2.75) is 25.8 Å². The van der Waals surface area contributed by atoms with E-state index in [1.165, 1.54) is 6.42 Å². The van der Waals surface area contributed by atoms with Crippen molar-refractivity contribution in [1.29, 1.82) is 0 Å². The summed E-state index contributed by atoms with van der Waals surface area (Å²) in [5, 5.41) is 3.44. The fourth-order valence-electron chi connectivity index (χ4n) is 3.75. The predicted molar refractivity (Wildman–Crippen MR) is 73.2 cm³/mol. The van der Waals surface area contributed by atoms with E-state index in [1.54, 1.807) is 11.8 Å². The molecule has 3 aliphatic rings. The van der Waals surface area contributed by atoms with Crippen LogP contribution < -0.4 is 5.32 Å². The van der Waals surface area contributed by atoms with Crippen LogP contribution in [-0.2, 0) is 9.53 Å². The predicted octanol–water partition coefficient (Wildman–Crippen LogP) is 0.285. The molecule has 3 fully saturated rings. The van der Waals surface area contributed by atoms with Crippen LogP contribution >= 0.6 is 0 Å². The molecule has 2 amide bonds. The number of hydrogen-bond donors (Lipinski definition) is 1. The Balaban J connectivity index is 1.53. The normalized spacial score (nSPS) is 32.5. The topological polar surface area (TPSA) is 61.9 Å². The molecule has 2 saturated heterocycles. The molecular weight excluding hydrogens is 258 g/mol. The van der Waals surface area contributed by atoms with Crippen molar-refractivity contribution in [3.63, 3.8) is 0 Å². The van der Waals surface area contributed by atoms with Gasteiger partial charge >= 0.3 is 6.09 Å². The number of nitrogens with one attached hydrogen (secondary N) is 1. The largest absolute Gasteiger partial charge is 0.450 e. The molecule has 112 valence electrons. The maximum absolute atomic E-state index is 12.6. The summed E-state index contributed by atoms with van der Waals surface area (Å²) in [5.74, 6) is 0.978. The van der Waals surface area contributed by atoms with E-state index in [0.717, 1.165) is 13.0 Å². The van der Waals surface area contributed by atoms with Crippen molar-refractivity contribution in [2.75, 3.05) is 39.3 Å². The van der Waals surface area contributed by atoms with Crippen LogP contribution in [0, 0.1) is 11.8 Å². The second-order valence-electron chi connectivity index (χ2n) is 5.89. The first-order valence-corrected chi connectivity index (χ1v) is 7.64. The molecule has 0 radical (unpaired) electrons. The molecule has 2 aliphatic heterocycles. The lowest BCUT2D eigenvalue weighted by Gasteiger charge is -2.35. The van der Waals surface area contributed by atoms with Crippen molar-refractivity contribution < 1.29 is 14.3 Å². The lowest BCUT2D eigenvalue weighted by molar-refractivity contribution is -0.137. The molecule has 3 atom stereocenters. The van der Waals surface area contributed by atoms with Crippen molar-refractivity contribution in [3.05, 3.63) is 0 Å². The third-order valence-electron chi connectivity index (χ3n) is 4.83. The van der Waals surface area contributed by atoms with Crippen molar-refractivity contribution in [2.24, 2.45) is 11.8 Å². The van der Waals surface area contributed by atoms with Crippen molar-refractivity contribution in [1.82, 2.24) is 15.1 Å². The fourth-order valence-corrected chi connectivity index (χ4v) is 3.75. The van der Waals surface area contributed by atoms with E-state index in [4.69, 9.17) is 4.74 Å². The molecule has 3 rings (SSSR count). The number of rotatable bonds is 2. The van der Waals surface area contributed by atoms with Gasteiger partial charge in [-0.2, -0.15) is 0 Å². The summed E-state index contributed by atoms with van der Waals surface area (Å²) >= 11 is 0. The second-order valence-corrected chi connectivity index (χ2v) is 5.89. The van der Waals surface area contributed by atoms with Crippen LogP contribution in [0.25, 0.3) is 0 Å². The van der Waals surface area contributed by atoms with E-state index >= 15 is 0 Å². The first-order chi connectivity index (χ1) is 9.70. The summed E-state index contributed by atoms with van der Waals surface area (Å²) in [4.78, 5) is 27.9. The number of fused-ring (bicyclic) bond motifs is 2. The first-order valence-electron chi connectivity index (χ1n) is 7.64. The van der Waals surface area contributed by atoms with E-state index in [0.29, 0.717) is 44.7 Å². The zero-order chi connectivity index (χ0) is 14.1. The Morgan fingerprint density at radius 2 is 1.85 bits per heavy atom. The van der Waals surface area contributed by atoms with Gasteiger partial charge in [0.25, 0.3) is 0 Å². The van der Waals surface area contributed by atoms with Gasteiger partial charge in [-0.15, -0.1) is 0 Å². The highest BCUT2D eigenvalue weighted by Gasteiger charge is 2.47. The number of piperazine rings is 1. The summed E-state index contributed by atoms with van der Waals surface area (Å²) < 4.78 is 4.99. The van der Waals surface area contributed by atoms with Gasteiger partial charge in [0.05, 0.1) is 12.5 Å². The number of piperidine rings is 1. The van der Waals surface area contributed by atoms with Gasteiger partial charge in [-0.25, -0.2) is 4.79 Å². The van der Waals surface area contributed by atoms with Crippen LogP contribution in [0.1, 0.15) is 19.8 Å². The Morgan fingerprint density at radius 1 is 1.15 bits per heavy atom. The molecule has 1 N–H and O–H groups in total. The highest BCUT2D eigenvalue weighted by atomic mass is 16.6. The molecule has 1 aliphatic carbocycles. The third-order valence-corrected chi connectivity index (χ3v) is 4.83. The number of nitrogens with zero attached hydrogens (tertiary/aromatic N) is 2. The van der Waals surface area contributed by atoms with Gasteiger partial charge in [-0.05, 0) is 32.2 Å². The maximum atomic E-state index is 12.6. The molecule has 20 heavy (non-hydrogen) atoms. The minimum Gasteiger partial charge on any atom is -0.450 e. The number of hydrogen-bond acceptors (Lipinski definition) is 4. The lowest BCUT2D eigenvalue weighted by atomic mass is 9.96. The van der Waals surface area contributed by atoms with Crippen LogP contribution in [0.4, 0.5) is 4.79 Å². The van der Waals surface area contributed by atoms with Crippen molar-refractivity contribution >= 4 is 12.0 Å². The smallest absolute Gasteiger partial charge is 0.409 e.